The molecule has 0 rings (SSSR count). The maximum atomic E-state index is 10.6. The zero-order valence-corrected chi connectivity index (χ0v) is 7.18. The van der Waals surface area contributed by atoms with E-state index in [-0.39, 0.29) is 0 Å². The fourth-order valence-corrected chi connectivity index (χ4v) is 0.706. The van der Waals surface area contributed by atoms with Gasteiger partial charge in [0.05, 0.1) is 0 Å². The monoisotopic (exact) mass is 220 g/mol. The van der Waals surface area contributed by atoms with Crippen LogP contribution in [0.25, 0.3) is 0 Å². The number of carboxylic acid groups (broad SMARTS) is 2. The van der Waals surface area contributed by atoms with Crippen LogP contribution in [-0.2, 0) is 9.59 Å². The summed E-state index contributed by atoms with van der Waals surface area (Å²) < 4.78 is 0. The SMILES string of the molecule is NC(=O)NC(NC(N)=O)(C(=O)O)C(=O)O. The van der Waals surface area contributed by atoms with Crippen LogP contribution >= 0.6 is 0 Å². The van der Waals surface area contributed by atoms with Gasteiger partial charge in [-0.3, -0.25) is 10.6 Å². The summed E-state index contributed by atoms with van der Waals surface area (Å²) in [6, 6.07) is -2.90. The van der Waals surface area contributed by atoms with Gasteiger partial charge in [0.2, 0.25) is 0 Å². The number of nitrogens with two attached hydrogens (primary N) is 2. The summed E-state index contributed by atoms with van der Waals surface area (Å²) in [5.41, 5.74) is 6.05. The average molecular weight is 220 g/mol. The molecule has 0 aliphatic carbocycles. The van der Waals surface area contributed by atoms with Crippen molar-refractivity contribution < 1.29 is 29.4 Å². The standard InChI is InChI=1S/C5H8N4O6/c6-3(14)8-5(1(10)11,2(12)13)9-4(7)15/h(H,10,11)(H,12,13)(H3,6,8,14)(H3,7,9,15). The summed E-state index contributed by atoms with van der Waals surface area (Å²) in [4.78, 5) is 42.0. The smallest absolute Gasteiger partial charge is 0.363 e. The van der Waals surface area contributed by atoms with Gasteiger partial charge in [-0.2, -0.15) is 0 Å². The highest BCUT2D eigenvalue weighted by Crippen LogP contribution is 2.00. The number of primary amides is 2. The molecule has 0 radical (unpaired) electrons. The Bertz CT molecular complexity index is 293. The first-order chi connectivity index (χ1) is 6.72. The Morgan fingerprint density at radius 1 is 0.867 bits per heavy atom. The fourth-order valence-electron chi connectivity index (χ4n) is 0.706. The first kappa shape index (κ1) is 12.5. The fraction of sp³-hybridized carbons (Fsp3) is 0.200. The lowest BCUT2D eigenvalue weighted by Gasteiger charge is -2.24. The van der Waals surface area contributed by atoms with E-state index in [4.69, 9.17) is 10.2 Å². The number of carbonyl (C=O) groups is 4. The van der Waals surface area contributed by atoms with Gasteiger partial charge in [-0.25, -0.2) is 19.2 Å². The van der Waals surface area contributed by atoms with Crippen LogP contribution in [0.5, 0.6) is 0 Å². The van der Waals surface area contributed by atoms with Crippen molar-refractivity contribution >= 4 is 24.0 Å². The Morgan fingerprint density at radius 2 is 1.13 bits per heavy atom. The minimum absolute atomic E-state index is 1.35. The number of hydrogen-bond donors (Lipinski definition) is 6. The summed E-state index contributed by atoms with van der Waals surface area (Å²) in [5, 5.41) is 19.8. The number of carboxylic acids is 2. The van der Waals surface area contributed by atoms with Gasteiger partial charge < -0.3 is 21.7 Å². The second-order valence-electron chi connectivity index (χ2n) is 2.34. The molecule has 0 unspecified atom stereocenters. The minimum Gasteiger partial charge on any atom is -0.478 e. The molecule has 10 heteroatoms. The van der Waals surface area contributed by atoms with Gasteiger partial charge in [-0.1, -0.05) is 0 Å². The first-order valence-electron chi connectivity index (χ1n) is 3.34. The lowest BCUT2D eigenvalue weighted by atomic mass is 10.1. The quantitative estimate of drug-likeness (QED) is 0.219. The van der Waals surface area contributed by atoms with Crippen LogP contribution in [0.15, 0.2) is 0 Å². The van der Waals surface area contributed by atoms with E-state index in [0.29, 0.717) is 0 Å². The van der Waals surface area contributed by atoms with Crippen molar-refractivity contribution in [3.63, 3.8) is 0 Å². The van der Waals surface area contributed by atoms with E-state index in [1.54, 1.807) is 0 Å². The third-order valence-electron chi connectivity index (χ3n) is 1.26. The highest BCUT2D eigenvalue weighted by atomic mass is 16.4. The van der Waals surface area contributed by atoms with E-state index in [1.807, 2.05) is 0 Å². The number of hydrogen-bond acceptors (Lipinski definition) is 4. The zero-order chi connectivity index (χ0) is 12.2. The van der Waals surface area contributed by atoms with Crippen LogP contribution < -0.4 is 22.1 Å². The highest BCUT2D eigenvalue weighted by Gasteiger charge is 2.49. The van der Waals surface area contributed by atoms with Gasteiger partial charge >= 0.3 is 29.7 Å². The van der Waals surface area contributed by atoms with Crippen LogP contribution in [0.2, 0.25) is 0 Å². The zero-order valence-electron chi connectivity index (χ0n) is 7.18. The van der Waals surface area contributed by atoms with Gasteiger partial charge in [-0.15, -0.1) is 0 Å². The van der Waals surface area contributed by atoms with Crippen molar-refractivity contribution in [1.29, 1.82) is 0 Å². The number of amides is 4. The van der Waals surface area contributed by atoms with E-state index in [9.17, 15) is 19.2 Å². The minimum atomic E-state index is -3.07. The molecule has 0 bridgehead atoms. The van der Waals surface area contributed by atoms with Gasteiger partial charge in [0.25, 0.3) is 0 Å². The van der Waals surface area contributed by atoms with Crippen molar-refractivity contribution in [2.75, 3.05) is 0 Å². The van der Waals surface area contributed by atoms with Gasteiger partial charge in [0.15, 0.2) is 0 Å². The summed E-state index contributed by atoms with van der Waals surface area (Å²) in [5.74, 6) is -4.10. The van der Waals surface area contributed by atoms with E-state index in [2.05, 4.69) is 11.5 Å². The molecule has 0 aromatic rings. The van der Waals surface area contributed by atoms with E-state index < -0.39 is 29.7 Å². The van der Waals surface area contributed by atoms with Gasteiger partial charge in [0.1, 0.15) is 0 Å². The molecule has 0 aliphatic rings. The molecule has 84 valence electrons. The average Bonchev–Trinajstić information content (AvgIpc) is 1.99. The number of carbonyl (C=O) groups excluding carboxylic acids is 2. The first-order valence-corrected chi connectivity index (χ1v) is 3.34. The molecule has 4 amide bonds. The van der Waals surface area contributed by atoms with E-state index in [0.717, 1.165) is 0 Å². The van der Waals surface area contributed by atoms with Crippen molar-refractivity contribution in [3.05, 3.63) is 0 Å². The topological polar surface area (TPSA) is 185 Å². The molecule has 0 spiro atoms. The maximum absolute atomic E-state index is 10.6. The lowest BCUT2D eigenvalue weighted by Crippen LogP contribution is -2.71. The second-order valence-corrected chi connectivity index (χ2v) is 2.34. The molecule has 0 saturated heterocycles. The third-order valence-corrected chi connectivity index (χ3v) is 1.26. The van der Waals surface area contributed by atoms with E-state index in [1.165, 1.54) is 10.6 Å². The molecule has 0 aliphatic heterocycles. The molecule has 8 N–H and O–H groups in total. The van der Waals surface area contributed by atoms with Crippen molar-refractivity contribution in [2.45, 2.75) is 5.66 Å². The molecule has 0 fully saturated rings. The van der Waals surface area contributed by atoms with Crippen molar-refractivity contribution in [1.82, 2.24) is 10.6 Å². The highest BCUT2D eigenvalue weighted by molar-refractivity contribution is 6.07. The molecule has 0 aromatic carbocycles. The van der Waals surface area contributed by atoms with Crippen molar-refractivity contribution in [2.24, 2.45) is 11.5 Å². The van der Waals surface area contributed by atoms with Crippen molar-refractivity contribution in [3.8, 4) is 0 Å². The Labute approximate surface area is 82.2 Å². The largest absolute Gasteiger partial charge is 0.478 e. The summed E-state index contributed by atoms with van der Waals surface area (Å²) in [6.45, 7) is 0. The number of urea groups is 2. The van der Waals surface area contributed by atoms with Crippen LogP contribution in [0, 0.1) is 0 Å². The van der Waals surface area contributed by atoms with Crippen LogP contribution in [0.1, 0.15) is 0 Å². The molecular weight excluding hydrogens is 212 g/mol. The number of rotatable bonds is 4. The molecular formula is C5H8N4O6. The lowest BCUT2D eigenvalue weighted by molar-refractivity contribution is -0.159. The predicted molar refractivity (Wildman–Crippen MR) is 43.4 cm³/mol. The Kier molecular flexibility index (Phi) is 3.43. The molecule has 0 atom stereocenters. The van der Waals surface area contributed by atoms with E-state index >= 15 is 0 Å². The molecule has 0 heterocycles. The molecule has 0 saturated carbocycles. The van der Waals surface area contributed by atoms with Crippen LogP contribution in [0.4, 0.5) is 9.59 Å². The molecule has 10 nitrogen and oxygen atoms in total. The Morgan fingerprint density at radius 3 is 1.27 bits per heavy atom. The number of aliphatic carboxylic acids is 2. The second kappa shape index (κ2) is 4.13. The summed E-state index contributed by atoms with van der Waals surface area (Å²) in [6.07, 6.45) is 0. The normalized spacial score (nSPS) is 10.1. The summed E-state index contributed by atoms with van der Waals surface area (Å²) >= 11 is 0. The maximum Gasteiger partial charge on any atom is 0.363 e. The third kappa shape index (κ3) is 2.72. The molecule has 0 aromatic heterocycles. The Balaban J connectivity index is 5.26. The Hall–Kier alpha value is -2.52. The van der Waals surface area contributed by atoms with Gasteiger partial charge in [-0.05, 0) is 0 Å². The van der Waals surface area contributed by atoms with Gasteiger partial charge in [0, 0.05) is 0 Å². The van der Waals surface area contributed by atoms with Crippen LogP contribution in [-0.4, -0.2) is 39.9 Å². The summed E-state index contributed by atoms with van der Waals surface area (Å²) in [7, 11) is 0. The van der Waals surface area contributed by atoms with Crippen LogP contribution in [0.3, 0.4) is 0 Å². The predicted octanol–water partition coefficient (Wildman–Crippen LogP) is -2.81. The number of nitrogens with one attached hydrogen (secondary N) is 2. The molecule has 15 heavy (non-hydrogen) atoms.